The molecule has 2 unspecified atom stereocenters. The lowest BCUT2D eigenvalue weighted by atomic mass is 9.53. The molecule has 0 aromatic heterocycles. The van der Waals surface area contributed by atoms with Gasteiger partial charge in [-0.2, -0.15) is 0 Å². The summed E-state index contributed by atoms with van der Waals surface area (Å²) in [6.45, 7) is 6.40. The van der Waals surface area contributed by atoms with E-state index < -0.39 is 0 Å². The number of anilines is 1. The lowest BCUT2D eigenvalue weighted by molar-refractivity contribution is -0.123. The van der Waals surface area contributed by atoms with E-state index in [1.165, 1.54) is 27.8 Å². The van der Waals surface area contributed by atoms with Gasteiger partial charge in [0.2, 0.25) is 5.91 Å². The highest BCUT2D eigenvalue weighted by molar-refractivity contribution is 5.95. The van der Waals surface area contributed by atoms with Gasteiger partial charge in [-0.25, -0.2) is 0 Å². The first-order valence-electron chi connectivity index (χ1n) is 11.2. The Morgan fingerprint density at radius 3 is 1.93 bits per heavy atom. The predicted octanol–water partition coefficient (Wildman–Crippen LogP) is 6.57. The van der Waals surface area contributed by atoms with Crippen LogP contribution in [-0.4, -0.2) is 5.91 Å². The number of rotatable bonds is 4. The van der Waals surface area contributed by atoms with Crippen LogP contribution < -0.4 is 5.32 Å². The van der Waals surface area contributed by atoms with Crippen molar-refractivity contribution in [3.8, 4) is 0 Å². The van der Waals surface area contributed by atoms with Crippen LogP contribution in [0.4, 0.5) is 5.69 Å². The zero-order valence-corrected chi connectivity index (χ0v) is 18.0. The molecule has 2 nitrogen and oxygen atoms in total. The maximum absolute atomic E-state index is 13.8. The largest absolute Gasteiger partial charge is 0.326 e. The summed E-state index contributed by atoms with van der Waals surface area (Å²) in [5.41, 5.74) is 8.81. The Morgan fingerprint density at radius 1 is 0.833 bits per heavy atom. The SMILES string of the molecule is CCCC1C2c3ccccc3C(c3ccccc32)C1C(=O)Nc1ccc(C)cc1C. The topological polar surface area (TPSA) is 29.1 Å². The highest BCUT2D eigenvalue weighted by atomic mass is 16.1. The fraction of sp³-hybridized carbons (Fsp3) is 0.321. The van der Waals surface area contributed by atoms with Crippen molar-refractivity contribution in [1.29, 1.82) is 0 Å². The van der Waals surface area contributed by atoms with E-state index >= 15 is 0 Å². The first kappa shape index (κ1) is 19.1. The first-order chi connectivity index (χ1) is 14.6. The van der Waals surface area contributed by atoms with Crippen molar-refractivity contribution in [3.05, 3.63) is 100 Å². The molecule has 3 aromatic rings. The summed E-state index contributed by atoms with van der Waals surface area (Å²) in [4.78, 5) is 13.8. The van der Waals surface area contributed by atoms with Gasteiger partial charge in [0.05, 0.1) is 5.92 Å². The molecule has 3 aromatic carbocycles. The van der Waals surface area contributed by atoms with Crippen LogP contribution in [0.5, 0.6) is 0 Å². The molecule has 152 valence electrons. The van der Waals surface area contributed by atoms with Crippen molar-refractivity contribution in [2.45, 2.75) is 45.4 Å². The zero-order valence-electron chi connectivity index (χ0n) is 18.0. The fourth-order valence-electron chi connectivity index (χ4n) is 5.99. The average molecular weight is 396 g/mol. The molecule has 6 rings (SSSR count). The highest BCUT2D eigenvalue weighted by Crippen LogP contribution is 2.59. The molecule has 0 radical (unpaired) electrons. The summed E-state index contributed by atoms with van der Waals surface area (Å²) >= 11 is 0. The van der Waals surface area contributed by atoms with Crippen LogP contribution in [0.15, 0.2) is 66.7 Å². The number of hydrogen-bond acceptors (Lipinski definition) is 1. The second-order valence-electron chi connectivity index (χ2n) is 9.00. The number of amides is 1. The Labute approximate surface area is 179 Å². The van der Waals surface area contributed by atoms with E-state index in [0.717, 1.165) is 24.1 Å². The number of hydrogen-bond donors (Lipinski definition) is 1. The lowest BCUT2D eigenvalue weighted by Crippen LogP contribution is -2.45. The molecule has 3 aliphatic rings. The number of benzene rings is 3. The monoisotopic (exact) mass is 395 g/mol. The van der Waals surface area contributed by atoms with Gasteiger partial charge in [-0.15, -0.1) is 0 Å². The summed E-state index contributed by atoms with van der Waals surface area (Å²) in [5.74, 6) is 0.886. The minimum atomic E-state index is -0.0412. The maximum Gasteiger partial charge on any atom is 0.228 e. The molecular weight excluding hydrogens is 366 g/mol. The van der Waals surface area contributed by atoms with Crippen LogP contribution in [0.25, 0.3) is 0 Å². The second kappa shape index (κ2) is 7.43. The number of aryl methyl sites for hydroxylation is 2. The lowest BCUT2D eigenvalue weighted by Gasteiger charge is -2.50. The number of fused-ring (bicyclic) bond motifs is 1. The van der Waals surface area contributed by atoms with E-state index in [1.54, 1.807) is 0 Å². The summed E-state index contributed by atoms with van der Waals surface area (Å²) in [7, 11) is 0. The number of carbonyl (C=O) groups is 1. The molecule has 2 bridgehead atoms. The van der Waals surface area contributed by atoms with Gasteiger partial charge < -0.3 is 5.32 Å². The maximum atomic E-state index is 13.8. The smallest absolute Gasteiger partial charge is 0.228 e. The highest BCUT2D eigenvalue weighted by Gasteiger charge is 2.51. The van der Waals surface area contributed by atoms with Crippen molar-refractivity contribution in [2.75, 3.05) is 5.32 Å². The van der Waals surface area contributed by atoms with Crippen LogP contribution in [-0.2, 0) is 4.79 Å². The average Bonchev–Trinajstić information content (AvgIpc) is 2.76. The third-order valence-corrected chi connectivity index (χ3v) is 7.15. The Morgan fingerprint density at radius 2 is 1.40 bits per heavy atom. The number of nitrogens with one attached hydrogen (secondary N) is 1. The summed E-state index contributed by atoms with van der Waals surface area (Å²) in [6, 6.07) is 23.8. The van der Waals surface area contributed by atoms with Gasteiger partial charge in [0.25, 0.3) is 0 Å². The van der Waals surface area contributed by atoms with E-state index in [-0.39, 0.29) is 17.7 Å². The van der Waals surface area contributed by atoms with Crippen LogP contribution in [0, 0.1) is 25.7 Å². The molecule has 0 aliphatic heterocycles. The molecule has 1 N–H and O–H groups in total. The Bertz CT molecular complexity index is 1070. The molecule has 3 aliphatic carbocycles. The van der Waals surface area contributed by atoms with Gasteiger partial charge in [0.15, 0.2) is 0 Å². The molecule has 2 atom stereocenters. The van der Waals surface area contributed by atoms with E-state index in [1.807, 2.05) is 6.07 Å². The normalized spacial score (nSPS) is 23.6. The molecule has 0 saturated heterocycles. The molecule has 0 fully saturated rings. The summed E-state index contributed by atoms with van der Waals surface area (Å²) in [6.07, 6.45) is 2.15. The third-order valence-electron chi connectivity index (χ3n) is 7.15. The fourth-order valence-corrected chi connectivity index (χ4v) is 5.99. The molecule has 1 amide bonds. The van der Waals surface area contributed by atoms with Gasteiger partial charge >= 0.3 is 0 Å². The second-order valence-corrected chi connectivity index (χ2v) is 9.00. The van der Waals surface area contributed by atoms with Crippen LogP contribution in [0.3, 0.4) is 0 Å². The molecule has 0 saturated carbocycles. The van der Waals surface area contributed by atoms with Crippen molar-refractivity contribution in [2.24, 2.45) is 11.8 Å². The molecule has 30 heavy (non-hydrogen) atoms. The minimum absolute atomic E-state index is 0.0412. The van der Waals surface area contributed by atoms with Gasteiger partial charge in [0, 0.05) is 17.5 Å². The van der Waals surface area contributed by atoms with Crippen molar-refractivity contribution >= 4 is 11.6 Å². The number of carbonyl (C=O) groups excluding carboxylic acids is 1. The minimum Gasteiger partial charge on any atom is -0.326 e. The van der Waals surface area contributed by atoms with E-state index in [2.05, 4.69) is 86.8 Å². The molecular formula is C28H29NO. The Kier molecular flexibility index (Phi) is 4.73. The summed E-state index contributed by atoms with van der Waals surface area (Å²) < 4.78 is 0. The van der Waals surface area contributed by atoms with Gasteiger partial charge in [0.1, 0.15) is 0 Å². The van der Waals surface area contributed by atoms with Crippen LogP contribution in [0.1, 0.15) is 65.0 Å². The first-order valence-corrected chi connectivity index (χ1v) is 11.2. The zero-order chi connectivity index (χ0) is 20.8. The van der Waals surface area contributed by atoms with E-state index in [0.29, 0.717) is 11.8 Å². The molecule has 0 heterocycles. The van der Waals surface area contributed by atoms with Gasteiger partial charge in [-0.3, -0.25) is 4.79 Å². The van der Waals surface area contributed by atoms with Crippen molar-refractivity contribution < 1.29 is 4.79 Å². The predicted molar refractivity (Wildman–Crippen MR) is 123 cm³/mol. The van der Waals surface area contributed by atoms with E-state index in [4.69, 9.17) is 0 Å². The van der Waals surface area contributed by atoms with Crippen LogP contribution in [0.2, 0.25) is 0 Å². The Balaban J connectivity index is 1.61. The standard InChI is InChI=1S/C28H29NO/c1-4-9-23-25-19-10-5-7-12-21(19)26(22-13-8-6-11-20(22)25)27(23)28(30)29-24-15-14-17(2)16-18(24)3/h5-8,10-16,23,25-27H,4,9H2,1-3H3,(H,29,30). The summed E-state index contributed by atoms with van der Waals surface area (Å²) in [5, 5.41) is 3.30. The van der Waals surface area contributed by atoms with Crippen LogP contribution >= 0.6 is 0 Å². The molecule has 2 heteroatoms. The van der Waals surface area contributed by atoms with Gasteiger partial charge in [-0.05, 0) is 60.1 Å². The van der Waals surface area contributed by atoms with E-state index in [9.17, 15) is 4.79 Å². The quantitative estimate of drug-likeness (QED) is 0.532. The van der Waals surface area contributed by atoms with Crippen molar-refractivity contribution in [3.63, 3.8) is 0 Å². The van der Waals surface area contributed by atoms with Gasteiger partial charge in [-0.1, -0.05) is 79.6 Å². The molecule has 0 spiro atoms. The van der Waals surface area contributed by atoms with Crippen molar-refractivity contribution in [1.82, 2.24) is 0 Å². The third kappa shape index (κ3) is 2.89. The Hall–Kier alpha value is -2.87.